The molecule has 0 saturated carbocycles. The monoisotopic (exact) mass is 222 g/mol. The first kappa shape index (κ1) is 9.93. The molecule has 4 heteroatoms. The topological polar surface area (TPSA) is 38.9 Å². The normalized spacial score (nSPS) is 10.3. The third kappa shape index (κ3) is 2.07. The fraction of sp³-hybridized carbons (Fsp3) is 0. The molecule has 2 nitrogen and oxygen atoms in total. The number of nitrogens with zero attached hydrogens (tertiary/aromatic N) is 1. The van der Waals surface area contributed by atoms with Gasteiger partial charge < -0.3 is 5.73 Å². The third-order valence-corrected chi connectivity index (χ3v) is 2.28. The summed E-state index contributed by atoms with van der Waals surface area (Å²) in [6.45, 7) is 0. The van der Waals surface area contributed by atoms with Gasteiger partial charge >= 0.3 is 0 Å². The van der Waals surface area contributed by atoms with Crippen molar-refractivity contribution >= 4 is 17.4 Å². The van der Waals surface area contributed by atoms with Crippen LogP contribution in [0.15, 0.2) is 36.5 Å². The summed E-state index contributed by atoms with van der Waals surface area (Å²) >= 11 is 5.73. The van der Waals surface area contributed by atoms with E-state index < -0.39 is 0 Å². The van der Waals surface area contributed by atoms with Crippen LogP contribution in [0.2, 0.25) is 5.02 Å². The first-order valence-corrected chi connectivity index (χ1v) is 4.71. The van der Waals surface area contributed by atoms with Gasteiger partial charge in [-0.25, -0.2) is 9.37 Å². The van der Waals surface area contributed by atoms with Crippen molar-refractivity contribution in [1.82, 2.24) is 4.98 Å². The number of anilines is 1. The van der Waals surface area contributed by atoms with Crippen molar-refractivity contribution in [3.63, 3.8) is 0 Å². The van der Waals surface area contributed by atoms with Gasteiger partial charge in [0.15, 0.2) is 0 Å². The lowest BCUT2D eigenvalue weighted by Gasteiger charge is -2.03. The number of rotatable bonds is 1. The van der Waals surface area contributed by atoms with E-state index in [4.69, 9.17) is 17.3 Å². The van der Waals surface area contributed by atoms with Crippen LogP contribution in [-0.4, -0.2) is 4.98 Å². The van der Waals surface area contributed by atoms with Crippen molar-refractivity contribution in [2.75, 3.05) is 5.73 Å². The van der Waals surface area contributed by atoms with E-state index in [-0.39, 0.29) is 11.6 Å². The van der Waals surface area contributed by atoms with E-state index in [1.165, 1.54) is 12.3 Å². The molecule has 0 atom stereocenters. The van der Waals surface area contributed by atoms with Crippen molar-refractivity contribution in [1.29, 1.82) is 0 Å². The molecule has 1 aromatic heterocycles. The Morgan fingerprint density at radius 2 is 1.87 bits per heavy atom. The molecule has 76 valence electrons. The molecule has 0 fully saturated rings. The average molecular weight is 223 g/mol. The number of aromatic nitrogens is 1. The summed E-state index contributed by atoms with van der Waals surface area (Å²) in [6.07, 6.45) is 1.41. The van der Waals surface area contributed by atoms with Crippen molar-refractivity contribution in [2.24, 2.45) is 0 Å². The second-order valence-corrected chi connectivity index (χ2v) is 3.53. The highest BCUT2D eigenvalue weighted by atomic mass is 35.5. The highest BCUT2D eigenvalue weighted by Gasteiger charge is 2.05. The molecule has 0 bridgehead atoms. The number of nitrogen functional groups attached to an aromatic ring is 1. The Morgan fingerprint density at radius 3 is 2.47 bits per heavy atom. The summed E-state index contributed by atoms with van der Waals surface area (Å²) in [7, 11) is 0. The Balaban J connectivity index is 2.49. The lowest BCUT2D eigenvalue weighted by Crippen LogP contribution is -1.93. The van der Waals surface area contributed by atoms with Gasteiger partial charge in [0, 0.05) is 22.8 Å². The van der Waals surface area contributed by atoms with Gasteiger partial charge in [-0.2, -0.15) is 0 Å². The summed E-state index contributed by atoms with van der Waals surface area (Å²) in [5, 5.41) is 0.613. The minimum Gasteiger partial charge on any atom is -0.384 e. The maximum atomic E-state index is 13.5. The SMILES string of the molecule is Nc1cc(F)c(-c2ccc(Cl)cc2)cn1. The minimum atomic E-state index is -0.384. The van der Waals surface area contributed by atoms with E-state index in [9.17, 15) is 4.39 Å². The zero-order valence-electron chi connectivity index (χ0n) is 7.74. The molecule has 1 aromatic carbocycles. The van der Waals surface area contributed by atoms with Crippen LogP contribution in [-0.2, 0) is 0 Å². The van der Waals surface area contributed by atoms with Crippen molar-refractivity contribution in [2.45, 2.75) is 0 Å². The van der Waals surface area contributed by atoms with Crippen LogP contribution in [0.1, 0.15) is 0 Å². The highest BCUT2D eigenvalue weighted by molar-refractivity contribution is 6.30. The lowest BCUT2D eigenvalue weighted by molar-refractivity contribution is 0.630. The Hall–Kier alpha value is -1.61. The van der Waals surface area contributed by atoms with E-state index in [0.29, 0.717) is 10.6 Å². The van der Waals surface area contributed by atoms with Crippen LogP contribution in [0.3, 0.4) is 0 Å². The summed E-state index contributed by atoms with van der Waals surface area (Å²) in [5.41, 5.74) is 6.50. The molecule has 2 rings (SSSR count). The first-order valence-electron chi connectivity index (χ1n) is 4.34. The van der Waals surface area contributed by atoms with Gasteiger partial charge in [0.25, 0.3) is 0 Å². The van der Waals surface area contributed by atoms with Crippen LogP contribution in [0.4, 0.5) is 10.2 Å². The number of hydrogen-bond donors (Lipinski definition) is 1. The lowest BCUT2D eigenvalue weighted by atomic mass is 10.1. The molecule has 0 aliphatic heterocycles. The number of nitrogens with two attached hydrogens (primary N) is 1. The number of benzene rings is 1. The molecule has 0 spiro atoms. The van der Waals surface area contributed by atoms with E-state index >= 15 is 0 Å². The zero-order chi connectivity index (χ0) is 10.8. The van der Waals surface area contributed by atoms with Crippen molar-refractivity contribution in [3.8, 4) is 11.1 Å². The average Bonchev–Trinajstić information content (AvgIpc) is 2.20. The molecule has 15 heavy (non-hydrogen) atoms. The van der Waals surface area contributed by atoms with Gasteiger partial charge in [-0.15, -0.1) is 0 Å². The maximum absolute atomic E-state index is 13.5. The molecule has 1 heterocycles. The highest BCUT2D eigenvalue weighted by Crippen LogP contribution is 2.24. The van der Waals surface area contributed by atoms with E-state index in [1.807, 2.05) is 0 Å². The Morgan fingerprint density at radius 1 is 1.20 bits per heavy atom. The van der Waals surface area contributed by atoms with Gasteiger partial charge in [0.2, 0.25) is 0 Å². The first-order chi connectivity index (χ1) is 7.16. The fourth-order valence-electron chi connectivity index (χ4n) is 1.29. The minimum absolute atomic E-state index is 0.171. The van der Waals surface area contributed by atoms with Crippen LogP contribution < -0.4 is 5.73 Å². The van der Waals surface area contributed by atoms with Crippen LogP contribution >= 0.6 is 11.6 Å². The van der Waals surface area contributed by atoms with Crippen LogP contribution in [0.5, 0.6) is 0 Å². The van der Waals surface area contributed by atoms with Gasteiger partial charge in [-0.3, -0.25) is 0 Å². The summed E-state index contributed by atoms with van der Waals surface area (Å²) in [6, 6.07) is 8.07. The molecule has 0 amide bonds. The molecule has 0 radical (unpaired) electrons. The molecule has 2 aromatic rings. The van der Waals surface area contributed by atoms with E-state index in [1.54, 1.807) is 24.3 Å². The van der Waals surface area contributed by atoms with E-state index in [2.05, 4.69) is 4.98 Å². The van der Waals surface area contributed by atoms with Crippen molar-refractivity contribution in [3.05, 3.63) is 47.4 Å². The summed E-state index contributed by atoms with van der Waals surface area (Å²) in [5.74, 6) is -0.213. The zero-order valence-corrected chi connectivity index (χ0v) is 8.50. The molecule has 0 aliphatic rings. The quantitative estimate of drug-likeness (QED) is 0.805. The Labute approximate surface area is 91.5 Å². The van der Waals surface area contributed by atoms with Crippen molar-refractivity contribution < 1.29 is 4.39 Å². The summed E-state index contributed by atoms with van der Waals surface area (Å²) < 4.78 is 13.5. The smallest absolute Gasteiger partial charge is 0.136 e. The molecular weight excluding hydrogens is 215 g/mol. The molecule has 0 aliphatic carbocycles. The van der Waals surface area contributed by atoms with Gasteiger partial charge in [0.05, 0.1) is 0 Å². The number of hydrogen-bond acceptors (Lipinski definition) is 2. The second-order valence-electron chi connectivity index (χ2n) is 3.10. The predicted molar refractivity (Wildman–Crippen MR) is 59.1 cm³/mol. The summed E-state index contributed by atoms with van der Waals surface area (Å²) in [4.78, 5) is 3.84. The van der Waals surface area contributed by atoms with E-state index in [0.717, 1.165) is 5.56 Å². The Kier molecular flexibility index (Phi) is 2.56. The van der Waals surface area contributed by atoms with Gasteiger partial charge in [-0.1, -0.05) is 23.7 Å². The number of pyridine rings is 1. The molecule has 0 saturated heterocycles. The fourth-order valence-corrected chi connectivity index (χ4v) is 1.41. The third-order valence-electron chi connectivity index (χ3n) is 2.03. The van der Waals surface area contributed by atoms with Gasteiger partial charge in [0.1, 0.15) is 11.6 Å². The van der Waals surface area contributed by atoms with Crippen LogP contribution in [0, 0.1) is 5.82 Å². The largest absolute Gasteiger partial charge is 0.384 e. The predicted octanol–water partition coefficient (Wildman–Crippen LogP) is 3.12. The standard InChI is InChI=1S/C11H8ClFN2/c12-8-3-1-7(2-4-8)9-6-15-11(14)5-10(9)13/h1-6H,(H2,14,15). The molecule has 2 N–H and O–H groups in total. The number of halogens is 2. The van der Waals surface area contributed by atoms with Crippen LogP contribution in [0.25, 0.3) is 11.1 Å². The Bertz CT molecular complexity index is 482. The maximum Gasteiger partial charge on any atom is 0.136 e. The molecular formula is C11H8ClFN2. The molecule has 0 unspecified atom stereocenters. The van der Waals surface area contributed by atoms with Gasteiger partial charge in [-0.05, 0) is 17.7 Å². The second kappa shape index (κ2) is 3.87.